The van der Waals surface area contributed by atoms with Crippen LogP contribution in [0.2, 0.25) is 0 Å². The van der Waals surface area contributed by atoms with Gasteiger partial charge in [-0.3, -0.25) is 9.59 Å². The second-order valence-electron chi connectivity index (χ2n) is 8.25. The number of rotatable bonds is 1. The lowest BCUT2D eigenvalue weighted by atomic mass is 9.51. The van der Waals surface area contributed by atoms with Gasteiger partial charge < -0.3 is 0 Å². The fourth-order valence-corrected chi connectivity index (χ4v) is 6.44. The van der Waals surface area contributed by atoms with Gasteiger partial charge in [0.25, 0.3) is 0 Å². The van der Waals surface area contributed by atoms with E-state index < -0.39 is 18.0 Å². The maximum atomic E-state index is 13.2. The molecule has 0 aromatic heterocycles. The molecule has 0 aliphatic heterocycles. The Morgan fingerprint density at radius 1 is 1.00 bits per heavy atom. The molecule has 0 heterocycles. The third-order valence-corrected chi connectivity index (χ3v) is 7.26. The van der Waals surface area contributed by atoms with Crippen molar-refractivity contribution in [1.82, 2.24) is 0 Å². The third kappa shape index (κ3) is 2.46. The summed E-state index contributed by atoms with van der Waals surface area (Å²) >= 11 is 0. The van der Waals surface area contributed by atoms with Gasteiger partial charge in [0.05, 0.1) is 6.42 Å². The monoisotopic (exact) mass is 340 g/mol. The number of hydrogen-bond donors (Lipinski definition) is 0. The van der Waals surface area contributed by atoms with Crippen LogP contribution in [0.3, 0.4) is 0 Å². The molecule has 4 rings (SSSR count). The van der Waals surface area contributed by atoms with E-state index in [1.807, 2.05) is 0 Å². The van der Waals surface area contributed by atoms with E-state index in [9.17, 15) is 22.8 Å². The highest BCUT2D eigenvalue weighted by Crippen LogP contribution is 2.63. The second kappa shape index (κ2) is 5.43. The van der Waals surface area contributed by atoms with Crippen molar-refractivity contribution in [2.24, 2.45) is 29.1 Å². The van der Waals surface area contributed by atoms with Crippen LogP contribution in [0.25, 0.3) is 0 Å². The number of carbonyl (C=O) groups is 2. The number of hydrogen-bond acceptors (Lipinski definition) is 2. The van der Waals surface area contributed by atoms with Crippen LogP contribution in [0.4, 0.5) is 13.2 Å². The topological polar surface area (TPSA) is 34.1 Å². The predicted molar refractivity (Wildman–Crippen MR) is 82.1 cm³/mol. The fraction of sp³-hybridized carbons (Fsp3) is 0.789. The lowest BCUT2D eigenvalue weighted by Crippen LogP contribution is -2.49. The number of fused-ring (bicyclic) bond motifs is 5. The van der Waals surface area contributed by atoms with Crippen molar-refractivity contribution in [2.75, 3.05) is 0 Å². The highest BCUT2D eigenvalue weighted by molar-refractivity contribution is 5.91. The summed E-state index contributed by atoms with van der Waals surface area (Å²) in [4.78, 5) is 24.1. The van der Waals surface area contributed by atoms with Gasteiger partial charge in [-0.15, -0.1) is 0 Å². The maximum absolute atomic E-state index is 13.2. The molecule has 0 saturated heterocycles. The second-order valence-corrected chi connectivity index (χ2v) is 8.25. The average Bonchev–Trinajstić information content (AvgIpc) is 2.82. The molecule has 0 amide bonds. The van der Waals surface area contributed by atoms with Crippen molar-refractivity contribution in [1.29, 1.82) is 0 Å². The predicted octanol–water partition coefficient (Wildman–Crippen LogP) is 4.63. The van der Waals surface area contributed by atoms with E-state index >= 15 is 0 Å². The molecule has 2 nitrogen and oxygen atoms in total. The van der Waals surface area contributed by atoms with E-state index in [2.05, 4.69) is 0 Å². The molecule has 0 spiro atoms. The molecule has 3 fully saturated rings. The molecule has 0 aromatic carbocycles. The van der Waals surface area contributed by atoms with Crippen LogP contribution in [0.5, 0.6) is 0 Å². The Bertz CT molecular complexity index is 606. The molecule has 3 saturated carbocycles. The van der Waals surface area contributed by atoms with Gasteiger partial charge >= 0.3 is 6.18 Å². The Morgan fingerprint density at radius 2 is 1.79 bits per heavy atom. The first-order valence-electron chi connectivity index (χ1n) is 9.13. The molecule has 0 bridgehead atoms. The van der Waals surface area contributed by atoms with E-state index in [0.717, 1.165) is 19.3 Å². The van der Waals surface area contributed by atoms with Gasteiger partial charge in [-0.05, 0) is 68.3 Å². The Balaban J connectivity index is 1.64. The van der Waals surface area contributed by atoms with E-state index in [0.29, 0.717) is 43.9 Å². The maximum Gasteiger partial charge on any atom is 0.390 e. The number of carbonyl (C=O) groups excluding carboxylic acids is 2. The van der Waals surface area contributed by atoms with E-state index in [1.165, 1.54) is 5.57 Å². The quantitative estimate of drug-likeness (QED) is 0.697. The molecule has 0 N–H and O–H groups in total. The number of Topliss-reactive ketones (excluding diaryl/α,β-unsaturated/α-hetero) is 1. The Morgan fingerprint density at radius 3 is 2.54 bits per heavy atom. The lowest BCUT2D eigenvalue weighted by Gasteiger charge is -2.53. The van der Waals surface area contributed by atoms with Crippen molar-refractivity contribution in [3.8, 4) is 0 Å². The summed E-state index contributed by atoms with van der Waals surface area (Å²) in [7, 11) is 0. The third-order valence-electron chi connectivity index (χ3n) is 7.26. The molecule has 5 heteroatoms. The average molecular weight is 340 g/mol. The molecule has 0 aromatic rings. The summed E-state index contributed by atoms with van der Waals surface area (Å²) in [5, 5.41) is 0. The van der Waals surface area contributed by atoms with E-state index in [-0.39, 0.29) is 23.4 Å². The summed E-state index contributed by atoms with van der Waals surface area (Å²) in [6.07, 6.45) is 1.70. The fourth-order valence-electron chi connectivity index (χ4n) is 6.44. The normalized spacial score (nSPS) is 42.2. The first-order chi connectivity index (χ1) is 11.3. The highest BCUT2D eigenvalue weighted by Gasteiger charge is 2.61. The minimum absolute atomic E-state index is 0.107. The van der Waals surface area contributed by atoms with Crippen LogP contribution in [-0.4, -0.2) is 17.7 Å². The summed E-state index contributed by atoms with van der Waals surface area (Å²) in [6, 6.07) is 0. The van der Waals surface area contributed by atoms with Crippen molar-refractivity contribution < 1.29 is 22.8 Å². The number of halogens is 3. The molecule has 5 atom stereocenters. The highest BCUT2D eigenvalue weighted by atomic mass is 19.4. The summed E-state index contributed by atoms with van der Waals surface area (Å²) in [5.74, 6) is 0.894. The Hall–Kier alpha value is -1.13. The van der Waals surface area contributed by atoms with E-state index in [1.54, 1.807) is 6.08 Å². The smallest absolute Gasteiger partial charge is 0.299 e. The standard InChI is InChI=1S/C19H23F3O2/c20-19(21,22)10-18-8-7-14-13-4-2-12(23)9-11(13)1-3-15(14)16(18)5-6-17(18)24/h9,13-16H,1-8,10H2/t13-,14+,15+,16-,18+/m0/s1. The van der Waals surface area contributed by atoms with Gasteiger partial charge in [0.2, 0.25) is 0 Å². The SMILES string of the molecule is O=C1C=C2CC[C@@H]3[C@H](CC[C@]4(CC(F)(F)F)C(=O)CC[C@@H]34)[C@H]2CC1. The minimum atomic E-state index is -4.28. The van der Waals surface area contributed by atoms with Crippen molar-refractivity contribution in [3.63, 3.8) is 0 Å². The van der Waals surface area contributed by atoms with E-state index in [4.69, 9.17) is 0 Å². The first kappa shape index (κ1) is 16.3. The zero-order valence-corrected chi connectivity index (χ0v) is 13.7. The Labute approximate surface area is 139 Å². The molecule has 24 heavy (non-hydrogen) atoms. The summed E-state index contributed by atoms with van der Waals surface area (Å²) < 4.78 is 39.6. The van der Waals surface area contributed by atoms with Crippen molar-refractivity contribution in [3.05, 3.63) is 11.6 Å². The van der Waals surface area contributed by atoms with Crippen LogP contribution >= 0.6 is 0 Å². The van der Waals surface area contributed by atoms with Gasteiger partial charge in [-0.2, -0.15) is 13.2 Å². The number of ketones is 2. The Kier molecular flexibility index (Phi) is 3.70. The zero-order chi connectivity index (χ0) is 17.1. The molecule has 0 radical (unpaired) electrons. The number of allylic oxidation sites excluding steroid dienone is 1. The minimum Gasteiger partial charge on any atom is -0.299 e. The van der Waals surface area contributed by atoms with Gasteiger partial charge in [0.15, 0.2) is 5.78 Å². The molecule has 4 aliphatic rings. The summed E-state index contributed by atoms with van der Waals surface area (Å²) in [6.45, 7) is 0. The van der Waals surface area contributed by atoms with Gasteiger partial charge in [-0.25, -0.2) is 0 Å². The van der Waals surface area contributed by atoms with Crippen LogP contribution in [0, 0.1) is 29.1 Å². The molecular weight excluding hydrogens is 317 g/mol. The lowest BCUT2D eigenvalue weighted by molar-refractivity contribution is -0.181. The molecule has 4 aliphatic carbocycles. The van der Waals surface area contributed by atoms with Gasteiger partial charge in [0, 0.05) is 18.3 Å². The van der Waals surface area contributed by atoms with Gasteiger partial charge in [-0.1, -0.05) is 5.57 Å². The largest absolute Gasteiger partial charge is 0.390 e. The number of alkyl halides is 3. The van der Waals surface area contributed by atoms with Crippen LogP contribution in [0.15, 0.2) is 11.6 Å². The van der Waals surface area contributed by atoms with Gasteiger partial charge in [0.1, 0.15) is 5.78 Å². The molecule has 0 unspecified atom stereocenters. The summed E-state index contributed by atoms with van der Waals surface area (Å²) in [5.41, 5.74) is 0.0747. The molecule has 132 valence electrons. The van der Waals surface area contributed by atoms with Crippen LogP contribution in [0.1, 0.15) is 57.8 Å². The zero-order valence-electron chi connectivity index (χ0n) is 13.7. The van der Waals surface area contributed by atoms with Crippen molar-refractivity contribution in [2.45, 2.75) is 64.0 Å². The van der Waals surface area contributed by atoms with Crippen molar-refractivity contribution >= 4 is 11.6 Å². The first-order valence-corrected chi connectivity index (χ1v) is 9.13. The van der Waals surface area contributed by atoms with Crippen LogP contribution < -0.4 is 0 Å². The molecular formula is C19H23F3O2. The van der Waals surface area contributed by atoms with Crippen LogP contribution in [-0.2, 0) is 9.59 Å².